The fourth-order valence-corrected chi connectivity index (χ4v) is 8.38. The first-order chi connectivity index (χ1) is 14.6. The van der Waals surface area contributed by atoms with E-state index in [1.54, 1.807) is 5.57 Å². The second-order valence-electron chi connectivity index (χ2n) is 12.9. The Bertz CT molecular complexity index is 691. The maximum absolute atomic E-state index is 12.1. The standard InChI is InChI=1S/C29H48O2/c1-19(2)8-7-9-21-11-13-25-24-12-10-22-18-23(31-27(30)20(3)4)14-16-29(22,6)26(24)15-17-28(21,25)5/h10,19-21,23-26H,7-9,11-18H2,1-6H3/t21?,23-,24?,25?,26?,28+,29-/m0/s1. The van der Waals surface area contributed by atoms with Crippen LogP contribution < -0.4 is 0 Å². The molecule has 31 heavy (non-hydrogen) atoms. The van der Waals surface area contributed by atoms with Gasteiger partial charge in [0.1, 0.15) is 6.10 Å². The van der Waals surface area contributed by atoms with Gasteiger partial charge >= 0.3 is 5.97 Å². The molecule has 3 saturated carbocycles. The van der Waals surface area contributed by atoms with Crippen molar-refractivity contribution in [1.82, 2.24) is 0 Å². The molecule has 7 atom stereocenters. The molecule has 0 spiro atoms. The van der Waals surface area contributed by atoms with Gasteiger partial charge in [-0.15, -0.1) is 0 Å². The number of ether oxygens (including phenoxy) is 1. The lowest BCUT2D eigenvalue weighted by molar-refractivity contribution is -0.155. The number of carbonyl (C=O) groups excluding carboxylic acids is 1. The average Bonchev–Trinajstić information content (AvgIpc) is 3.04. The van der Waals surface area contributed by atoms with Crippen LogP contribution in [0.1, 0.15) is 112 Å². The van der Waals surface area contributed by atoms with Gasteiger partial charge in [-0.25, -0.2) is 0 Å². The largest absolute Gasteiger partial charge is 0.462 e. The third-order valence-corrected chi connectivity index (χ3v) is 10.3. The Morgan fingerprint density at radius 3 is 2.55 bits per heavy atom. The van der Waals surface area contributed by atoms with Gasteiger partial charge < -0.3 is 4.74 Å². The summed E-state index contributed by atoms with van der Waals surface area (Å²) >= 11 is 0. The highest BCUT2D eigenvalue weighted by molar-refractivity contribution is 5.71. The zero-order valence-electron chi connectivity index (χ0n) is 21.2. The highest BCUT2D eigenvalue weighted by Crippen LogP contribution is 2.66. The zero-order chi connectivity index (χ0) is 22.4. The van der Waals surface area contributed by atoms with E-state index in [2.05, 4.69) is 33.8 Å². The quantitative estimate of drug-likeness (QED) is 0.317. The molecule has 4 unspecified atom stereocenters. The summed E-state index contributed by atoms with van der Waals surface area (Å²) in [6.07, 6.45) is 17.3. The highest BCUT2D eigenvalue weighted by atomic mass is 16.5. The molecule has 0 aliphatic heterocycles. The molecule has 0 N–H and O–H groups in total. The van der Waals surface area contributed by atoms with Crippen LogP contribution in [-0.2, 0) is 9.53 Å². The predicted octanol–water partition coefficient (Wildman–Crippen LogP) is 7.96. The van der Waals surface area contributed by atoms with Crippen LogP contribution in [0.15, 0.2) is 11.6 Å². The Kier molecular flexibility index (Phi) is 6.68. The molecule has 0 aromatic carbocycles. The monoisotopic (exact) mass is 428 g/mol. The van der Waals surface area contributed by atoms with Crippen molar-refractivity contribution >= 4 is 5.97 Å². The van der Waals surface area contributed by atoms with Crippen molar-refractivity contribution < 1.29 is 9.53 Å². The number of esters is 1. The van der Waals surface area contributed by atoms with Gasteiger partial charge in [0.2, 0.25) is 0 Å². The van der Waals surface area contributed by atoms with Crippen LogP contribution in [0.4, 0.5) is 0 Å². The third-order valence-electron chi connectivity index (χ3n) is 10.3. The Morgan fingerprint density at radius 2 is 1.84 bits per heavy atom. The van der Waals surface area contributed by atoms with E-state index in [1.807, 2.05) is 13.8 Å². The topological polar surface area (TPSA) is 26.3 Å². The Balaban J connectivity index is 1.45. The molecular formula is C29H48O2. The predicted molar refractivity (Wildman–Crippen MR) is 129 cm³/mol. The number of rotatable bonds is 6. The molecule has 0 bridgehead atoms. The molecule has 4 aliphatic carbocycles. The molecule has 2 heteroatoms. The molecule has 0 amide bonds. The molecule has 176 valence electrons. The first-order valence-corrected chi connectivity index (χ1v) is 13.5. The number of fused-ring (bicyclic) bond motifs is 5. The van der Waals surface area contributed by atoms with Crippen LogP contribution in [0.5, 0.6) is 0 Å². The van der Waals surface area contributed by atoms with Gasteiger partial charge in [0.15, 0.2) is 0 Å². The molecule has 2 nitrogen and oxygen atoms in total. The Labute approximate surface area is 192 Å². The van der Waals surface area contributed by atoms with Crippen molar-refractivity contribution in [2.24, 2.45) is 46.3 Å². The smallest absolute Gasteiger partial charge is 0.308 e. The molecular weight excluding hydrogens is 380 g/mol. The summed E-state index contributed by atoms with van der Waals surface area (Å²) in [6, 6.07) is 0. The molecule has 3 fully saturated rings. The van der Waals surface area contributed by atoms with Crippen LogP contribution in [0.25, 0.3) is 0 Å². The van der Waals surface area contributed by atoms with Crippen molar-refractivity contribution in [2.75, 3.05) is 0 Å². The molecule has 0 aromatic rings. The minimum atomic E-state index is -0.0232. The summed E-state index contributed by atoms with van der Waals surface area (Å²) in [5.41, 5.74) is 2.56. The molecule has 0 saturated heterocycles. The highest BCUT2D eigenvalue weighted by Gasteiger charge is 2.58. The molecule has 4 aliphatic rings. The normalized spacial score (nSPS) is 42.1. The van der Waals surface area contributed by atoms with Crippen molar-refractivity contribution in [2.45, 2.75) is 118 Å². The number of hydrogen-bond acceptors (Lipinski definition) is 2. The van der Waals surface area contributed by atoms with Gasteiger partial charge in [-0.1, -0.05) is 66.0 Å². The summed E-state index contributed by atoms with van der Waals surface area (Å²) in [6.45, 7) is 13.9. The summed E-state index contributed by atoms with van der Waals surface area (Å²) in [5, 5.41) is 0. The summed E-state index contributed by atoms with van der Waals surface area (Å²) in [7, 11) is 0. The van der Waals surface area contributed by atoms with E-state index in [0.29, 0.717) is 10.8 Å². The third kappa shape index (κ3) is 4.26. The van der Waals surface area contributed by atoms with Crippen LogP contribution in [0.3, 0.4) is 0 Å². The number of carbonyl (C=O) groups is 1. The zero-order valence-corrected chi connectivity index (χ0v) is 21.2. The number of allylic oxidation sites excluding steroid dienone is 1. The average molecular weight is 429 g/mol. The molecule has 4 rings (SSSR count). The minimum Gasteiger partial charge on any atom is -0.462 e. The summed E-state index contributed by atoms with van der Waals surface area (Å²) < 4.78 is 5.86. The van der Waals surface area contributed by atoms with Crippen LogP contribution in [-0.4, -0.2) is 12.1 Å². The molecule has 0 radical (unpaired) electrons. The van der Waals surface area contributed by atoms with Gasteiger partial charge in [0, 0.05) is 6.42 Å². The van der Waals surface area contributed by atoms with Gasteiger partial charge in [0.25, 0.3) is 0 Å². The van der Waals surface area contributed by atoms with Crippen molar-refractivity contribution in [3.8, 4) is 0 Å². The maximum atomic E-state index is 12.1. The first kappa shape index (κ1) is 23.4. The van der Waals surface area contributed by atoms with Gasteiger partial charge in [-0.2, -0.15) is 0 Å². The van der Waals surface area contributed by atoms with Crippen LogP contribution in [0.2, 0.25) is 0 Å². The van der Waals surface area contributed by atoms with E-state index in [4.69, 9.17) is 4.74 Å². The lowest BCUT2D eigenvalue weighted by Gasteiger charge is -2.58. The maximum Gasteiger partial charge on any atom is 0.308 e. The van der Waals surface area contributed by atoms with Crippen molar-refractivity contribution in [3.63, 3.8) is 0 Å². The Morgan fingerprint density at radius 1 is 1.06 bits per heavy atom. The second kappa shape index (κ2) is 8.86. The SMILES string of the molecule is CC(C)CCCC1CCC2C3CC=C4C[C@@H](OC(=O)C(C)C)CC[C@]4(C)C3CC[C@]12C. The van der Waals surface area contributed by atoms with Gasteiger partial charge in [0.05, 0.1) is 5.92 Å². The van der Waals surface area contributed by atoms with Crippen LogP contribution >= 0.6 is 0 Å². The lowest BCUT2D eigenvalue weighted by atomic mass is 9.47. The first-order valence-electron chi connectivity index (χ1n) is 13.5. The second-order valence-corrected chi connectivity index (χ2v) is 12.9. The molecule has 0 aromatic heterocycles. The lowest BCUT2D eigenvalue weighted by Crippen LogP contribution is -2.50. The van der Waals surface area contributed by atoms with E-state index in [-0.39, 0.29) is 18.0 Å². The fraction of sp³-hybridized carbons (Fsp3) is 0.897. The van der Waals surface area contributed by atoms with Gasteiger partial charge in [-0.3, -0.25) is 4.79 Å². The van der Waals surface area contributed by atoms with Crippen molar-refractivity contribution in [1.29, 1.82) is 0 Å². The van der Waals surface area contributed by atoms with Gasteiger partial charge in [-0.05, 0) is 91.8 Å². The summed E-state index contributed by atoms with van der Waals surface area (Å²) in [4.78, 5) is 12.1. The Hall–Kier alpha value is -0.790. The molecule has 0 heterocycles. The number of hydrogen-bond donors (Lipinski definition) is 0. The van der Waals surface area contributed by atoms with Crippen molar-refractivity contribution in [3.05, 3.63) is 11.6 Å². The van der Waals surface area contributed by atoms with E-state index in [9.17, 15) is 4.79 Å². The summed E-state index contributed by atoms with van der Waals surface area (Å²) in [5.74, 6) is 4.43. The fourth-order valence-electron chi connectivity index (χ4n) is 8.38. The van der Waals surface area contributed by atoms with E-state index >= 15 is 0 Å². The van der Waals surface area contributed by atoms with E-state index < -0.39 is 0 Å². The van der Waals surface area contributed by atoms with E-state index in [0.717, 1.165) is 42.4 Å². The van der Waals surface area contributed by atoms with Crippen LogP contribution in [0, 0.1) is 46.3 Å². The minimum absolute atomic E-state index is 0.0224. The van der Waals surface area contributed by atoms with E-state index in [1.165, 1.54) is 57.8 Å².